The summed E-state index contributed by atoms with van der Waals surface area (Å²) in [6.07, 6.45) is -4.78. The van der Waals surface area contributed by atoms with Crippen molar-refractivity contribution in [3.05, 3.63) is 59.1 Å². The van der Waals surface area contributed by atoms with Crippen molar-refractivity contribution in [2.45, 2.75) is 12.9 Å². The third kappa shape index (κ3) is 4.00. The number of rotatable bonds is 4. The smallest absolute Gasteiger partial charge is 0.408 e. The topological polar surface area (TPSA) is 73.5 Å². The molecule has 25 heavy (non-hydrogen) atoms. The van der Waals surface area contributed by atoms with E-state index < -0.39 is 23.8 Å². The fourth-order valence-electron chi connectivity index (χ4n) is 2.25. The molecule has 0 aliphatic carbocycles. The van der Waals surface area contributed by atoms with Crippen LogP contribution in [-0.4, -0.2) is 16.8 Å². The lowest BCUT2D eigenvalue weighted by Crippen LogP contribution is -2.24. The second-order valence-corrected chi connectivity index (χ2v) is 5.04. The van der Waals surface area contributed by atoms with Gasteiger partial charge in [0.2, 0.25) is 5.91 Å². The van der Waals surface area contributed by atoms with E-state index >= 15 is 0 Å². The molecule has 1 N–H and O–H groups in total. The van der Waals surface area contributed by atoms with Crippen LogP contribution in [0.15, 0.2) is 57.7 Å². The number of hydrogen-bond donors (Lipinski definition) is 1. The first-order chi connectivity index (χ1) is 11.8. The molecule has 130 valence electrons. The molecule has 3 rings (SSSR count). The summed E-state index contributed by atoms with van der Waals surface area (Å²) < 4.78 is 46.2. The van der Waals surface area contributed by atoms with Gasteiger partial charge in [0, 0.05) is 5.69 Å². The first kappa shape index (κ1) is 16.6. The average molecular weight is 352 g/mol. The molecule has 9 heteroatoms. The molecule has 0 saturated carbocycles. The molecule has 3 aromatic rings. The Morgan fingerprint density at radius 1 is 1.12 bits per heavy atom. The molecule has 0 unspecified atom stereocenters. The van der Waals surface area contributed by atoms with Gasteiger partial charge in [-0.25, -0.2) is 4.79 Å². The van der Waals surface area contributed by atoms with E-state index in [4.69, 9.17) is 4.42 Å². The van der Waals surface area contributed by atoms with Crippen LogP contribution in [0.3, 0.4) is 0 Å². The fraction of sp³-hybridized carbons (Fsp3) is 0.125. The van der Waals surface area contributed by atoms with Crippen LogP contribution in [0.5, 0.6) is 5.75 Å². The molecule has 2 aromatic carbocycles. The number of oxazole rings is 1. The SMILES string of the molecule is O=C(Cn1c(=O)oc2ccccc21)Nc1ccc(OC(F)(F)F)cc1. The summed E-state index contributed by atoms with van der Waals surface area (Å²) in [6.45, 7) is -0.295. The van der Waals surface area contributed by atoms with Crippen LogP contribution in [-0.2, 0) is 11.3 Å². The molecule has 0 bridgehead atoms. The predicted octanol–water partition coefficient (Wildman–Crippen LogP) is 3.13. The van der Waals surface area contributed by atoms with E-state index in [0.29, 0.717) is 11.1 Å². The molecule has 0 aliphatic heterocycles. The van der Waals surface area contributed by atoms with Gasteiger partial charge in [-0.15, -0.1) is 13.2 Å². The van der Waals surface area contributed by atoms with Crippen LogP contribution < -0.4 is 15.8 Å². The number of ether oxygens (including phenoxy) is 1. The average Bonchev–Trinajstić information content (AvgIpc) is 2.84. The van der Waals surface area contributed by atoms with E-state index in [1.54, 1.807) is 24.3 Å². The Hall–Kier alpha value is -3.23. The lowest BCUT2D eigenvalue weighted by Gasteiger charge is -2.10. The normalized spacial score (nSPS) is 11.5. The van der Waals surface area contributed by atoms with Crippen molar-refractivity contribution in [1.29, 1.82) is 0 Å². The molecule has 0 atom stereocenters. The maximum Gasteiger partial charge on any atom is 0.573 e. The Morgan fingerprint density at radius 3 is 2.48 bits per heavy atom. The number of amides is 1. The van der Waals surface area contributed by atoms with Gasteiger partial charge in [0.1, 0.15) is 12.3 Å². The Kier molecular flexibility index (Phi) is 4.22. The van der Waals surface area contributed by atoms with E-state index in [-0.39, 0.29) is 12.2 Å². The van der Waals surface area contributed by atoms with Crippen molar-refractivity contribution in [3.8, 4) is 5.75 Å². The zero-order valence-electron chi connectivity index (χ0n) is 12.5. The molecule has 1 aromatic heterocycles. The third-order valence-electron chi connectivity index (χ3n) is 3.25. The van der Waals surface area contributed by atoms with Gasteiger partial charge in [-0.1, -0.05) is 12.1 Å². The van der Waals surface area contributed by atoms with Crippen LogP contribution >= 0.6 is 0 Å². The standard InChI is InChI=1S/C16H11F3N2O4/c17-16(18,19)25-11-7-5-10(6-8-11)20-14(22)9-21-12-3-1-2-4-13(12)24-15(21)23/h1-8H,9H2,(H,20,22). The van der Waals surface area contributed by atoms with Crippen LogP contribution in [0.2, 0.25) is 0 Å². The Morgan fingerprint density at radius 2 is 1.80 bits per heavy atom. The van der Waals surface area contributed by atoms with E-state index in [9.17, 15) is 22.8 Å². The monoisotopic (exact) mass is 352 g/mol. The lowest BCUT2D eigenvalue weighted by atomic mass is 10.3. The number of halogens is 3. The number of anilines is 1. The summed E-state index contributed by atoms with van der Waals surface area (Å²) in [7, 11) is 0. The van der Waals surface area contributed by atoms with Crippen molar-refractivity contribution >= 4 is 22.7 Å². The molecule has 1 heterocycles. The highest BCUT2D eigenvalue weighted by atomic mass is 19.4. The van der Waals surface area contributed by atoms with Gasteiger partial charge < -0.3 is 14.5 Å². The molecular weight excluding hydrogens is 341 g/mol. The molecule has 0 radical (unpaired) electrons. The van der Waals surface area contributed by atoms with Gasteiger partial charge in [0.05, 0.1) is 5.52 Å². The third-order valence-corrected chi connectivity index (χ3v) is 3.25. The highest BCUT2D eigenvalue weighted by Crippen LogP contribution is 2.24. The molecule has 0 aliphatic rings. The van der Waals surface area contributed by atoms with Crippen molar-refractivity contribution in [3.63, 3.8) is 0 Å². The number of para-hydroxylation sites is 2. The number of carbonyl (C=O) groups is 1. The minimum Gasteiger partial charge on any atom is -0.408 e. The lowest BCUT2D eigenvalue weighted by molar-refractivity contribution is -0.274. The van der Waals surface area contributed by atoms with Gasteiger partial charge in [-0.05, 0) is 36.4 Å². The van der Waals surface area contributed by atoms with E-state index in [1.165, 1.54) is 12.1 Å². The largest absolute Gasteiger partial charge is 0.573 e. The first-order valence-electron chi connectivity index (χ1n) is 7.06. The van der Waals surface area contributed by atoms with E-state index in [2.05, 4.69) is 10.1 Å². The van der Waals surface area contributed by atoms with Crippen LogP contribution in [0.25, 0.3) is 11.1 Å². The summed E-state index contributed by atoms with van der Waals surface area (Å²) in [5.74, 6) is -1.61. The Labute approximate surface area is 138 Å². The maximum atomic E-state index is 12.1. The van der Waals surface area contributed by atoms with E-state index in [0.717, 1.165) is 16.7 Å². The molecular formula is C16H11F3N2O4. The second-order valence-electron chi connectivity index (χ2n) is 5.04. The zero-order valence-corrected chi connectivity index (χ0v) is 12.5. The van der Waals surface area contributed by atoms with Crippen molar-refractivity contribution in [1.82, 2.24) is 4.57 Å². The molecule has 6 nitrogen and oxygen atoms in total. The number of hydrogen-bond acceptors (Lipinski definition) is 4. The number of alkyl halides is 3. The summed E-state index contributed by atoms with van der Waals surface area (Å²) in [4.78, 5) is 23.9. The van der Waals surface area contributed by atoms with Gasteiger partial charge in [0.25, 0.3) is 0 Å². The zero-order chi connectivity index (χ0) is 18.0. The minimum absolute atomic E-state index is 0.264. The summed E-state index contributed by atoms with van der Waals surface area (Å²) >= 11 is 0. The van der Waals surface area contributed by atoms with Gasteiger partial charge in [-0.2, -0.15) is 0 Å². The highest BCUT2D eigenvalue weighted by molar-refractivity contribution is 5.91. The molecule has 1 amide bonds. The second kappa shape index (κ2) is 6.34. The highest BCUT2D eigenvalue weighted by Gasteiger charge is 2.30. The van der Waals surface area contributed by atoms with E-state index in [1.807, 2.05) is 0 Å². The van der Waals surface area contributed by atoms with Crippen LogP contribution in [0, 0.1) is 0 Å². The maximum absolute atomic E-state index is 12.1. The number of fused-ring (bicyclic) bond motifs is 1. The Balaban J connectivity index is 1.70. The van der Waals surface area contributed by atoms with Gasteiger partial charge >= 0.3 is 12.1 Å². The molecule has 0 fully saturated rings. The van der Waals surface area contributed by atoms with Gasteiger partial charge in [-0.3, -0.25) is 9.36 Å². The molecule has 0 spiro atoms. The minimum atomic E-state index is -4.78. The number of carbonyl (C=O) groups excluding carboxylic acids is 1. The summed E-state index contributed by atoms with van der Waals surface area (Å²) in [6, 6.07) is 11.3. The van der Waals surface area contributed by atoms with Crippen molar-refractivity contribution in [2.75, 3.05) is 5.32 Å². The summed E-state index contributed by atoms with van der Waals surface area (Å²) in [5, 5.41) is 2.49. The summed E-state index contributed by atoms with van der Waals surface area (Å²) in [5.41, 5.74) is 1.09. The quantitative estimate of drug-likeness (QED) is 0.783. The van der Waals surface area contributed by atoms with Crippen molar-refractivity contribution in [2.24, 2.45) is 0 Å². The van der Waals surface area contributed by atoms with Crippen LogP contribution in [0.1, 0.15) is 0 Å². The Bertz CT molecular complexity index is 958. The number of benzene rings is 2. The van der Waals surface area contributed by atoms with Gasteiger partial charge in [0.15, 0.2) is 5.58 Å². The number of nitrogens with one attached hydrogen (secondary N) is 1. The predicted molar refractivity (Wildman–Crippen MR) is 82.2 cm³/mol. The fourth-order valence-corrected chi connectivity index (χ4v) is 2.25. The number of nitrogens with zero attached hydrogens (tertiary/aromatic N) is 1. The van der Waals surface area contributed by atoms with Crippen molar-refractivity contribution < 1.29 is 27.1 Å². The van der Waals surface area contributed by atoms with Crippen LogP contribution in [0.4, 0.5) is 18.9 Å². The first-order valence-corrected chi connectivity index (χ1v) is 7.06. The number of aromatic nitrogens is 1. The molecule has 0 saturated heterocycles.